The summed E-state index contributed by atoms with van der Waals surface area (Å²) >= 11 is 0. The maximum Gasteiger partial charge on any atom is 0.243 e. The minimum atomic E-state index is -3.48. The van der Waals surface area contributed by atoms with Crippen LogP contribution >= 0.6 is 0 Å². The molecule has 23 heavy (non-hydrogen) atoms. The molecule has 126 valence electrons. The molecule has 1 aromatic carbocycles. The predicted molar refractivity (Wildman–Crippen MR) is 85.6 cm³/mol. The lowest BCUT2D eigenvalue weighted by atomic mass is 10.2. The van der Waals surface area contributed by atoms with Crippen molar-refractivity contribution in [3.8, 4) is 0 Å². The van der Waals surface area contributed by atoms with Crippen molar-refractivity contribution in [3.63, 3.8) is 0 Å². The van der Waals surface area contributed by atoms with E-state index in [9.17, 15) is 13.2 Å². The van der Waals surface area contributed by atoms with Crippen LogP contribution in [0, 0.1) is 5.92 Å². The van der Waals surface area contributed by atoms with Gasteiger partial charge in [0.2, 0.25) is 15.9 Å². The summed E-state index contributed by atoms with van der Waals surface area (Å²) in [5, 5.41) is 5.82. The Bertz CT molecular complexity index is 650. The molecule has 1 saturated carbocycles. The fraction of sp³-hybridized carbons (Fsp3) is 0.533. The van der Waals surface area contributed by atoms with Crippen LogP contribution in [0.1, 0.15) is 12.8 Å². The van der Waals surface area contributed by atoms with Crippen LogP contribution in [0.4, 0.5) is 5.69 Å². The van der Waals surface area contributed by atoms with Gasteiger partial charge in [-0.2, -0.15) is 0 Å². The molecule has 1 atom stereocenters. The zero-order valence-corrected chi connectivity index (χ0v) is 13.6. The predicted octanol–water partition coefficient (Wildman–Crippen LogP) is 0.302. The minimum absolute atomic E-state index is 0.188. The molecule has 0 bridgehead atoms. The molecule has 1 aliphatic carbocycles. The van der Waals surface area contributed by atoms with E-state index >= 15 is 0 Å². The number of ether oxygens (including phenoxy) is 1. The van der Waals surface area contributed by atoms with E-state index in [4.69, 9.17) is 4.74 Å². The number of carbonyl (C=O) groups excluding carboxylic acids is 1. The number of anilines is 1. The van der Waals surface area contributed by atoms with E-state index in [-0.39, 0.29) is 16.8 Å². The zero-order valence-electron chi connectivity index (χ0n) is 12.7. The summed E-state index contributed by atoms with van der Waals surface area (Å²) in [7, 11) is -3.48. The lowest BCUT2D eigenvalue weighted by molar-refractivity contribution is -0.120. The van der Waals surface area contributed by atoms with E-state index in [1.807, 2.05) is 0 Å². The Morgan fingerprint density at radius 1 is 1.26 bits per heavy atom. The van der Waals surface area contributed by atoms with Crippen LogP contribution < -0.4 is 15.4 Å². The average Bonchev–Trinajstić information content (AvgIpc) is 3.39. The summed E-state index contributed by atoms with van der Waals surface area (Å²) in [6, 6.07) is 5.79. The van der Waals surface area contributed by atoms with Gasteiger partial charge in [0, 0.05) is 18.8 Å². The molecule has 1 heterocycles. The van der Waals surface area contributed by atoms with Gasteiger partial charge in [0.05, 0.1) is 18.1 Å². The number of carbonyl (C=O) groups is 1. The highest BCUT2D eigenvalue weighted by atomic mass is 32.2. The SMILES string of the molecule is O=C(Nc1ccc(S(=O)(=O)NCC2CC2)cc1)C1COCCN1. The number of hydrogen-bond acceptors (Lipinski definition) is 5. The van der Waals surface area contributed by atoms with Gasteiger partial charge in [-0.25, -0.2) is 13.1 Å². The second-order valence-electron chi connectivity index (χ2n) is 5.89. The summed E-state index contributed by atoms with van der Waals surface area (Å²) in [5.74, 6) is 0.292. The molecule has 1 aliphatic heterocycles. The van der Waals surface area contributed by atoms with Crippen LogP contribution in [0.25, 0.3) is 0 Å². The van der Waals surface area contributed by atoms with E-state index in [0.717, 1.165) is 12.8 Å². The van der Waals surface area contributed by atoms with Gasteiger partial charge in [-0.05, 0) is 43.0 Å². The van der Waals surface area contributed by atoms with Gasteiger partial charge < -0.3 is 15.4 Å². The number of sulfonamides is 1. The maximum absolute atomic E-state index is 12.1. The molecule has 0 radical (unpaired) electrons. The van der Waals surface area contributed by atoms with Crippen LogP contribution in [0.3, 0.4) is 0 Å². The molecule has 1 saturated heterocycles. The number of nitrogens with one attached hydrogen (secondary N) is 3. The number of hydrogen-bond donors (Lipinski definition) is 3. The van der Waals surface area contributed by atoms with E-state index in [0.29, 0.717) is 37.9 Å². The van der Waals surface area contributed by atoms with Crippen molar-refractivity contribution in [2.75, 3.05) is 31.6 Å². The summed E-state index contributed by atoms with van der Waals surface area (Å²) < 4.78 is 32.1. The first-order valence-electron chi connectivity index (χ1n) is 7.76. The van der Waals surface area contributed by atoms with E-state index in [1.165, 1.54) is 12.1 Å². The van der Waals surface area contributed by atoms with Gasteiger partial charge in [0.25, 0.3) is 0 Å². The quantitative estimate of drug-likeness (QED) is 0.693. The molecule has 3 rings (SSSR count). The van der Waals surface area contributed by atoms with Gasteiger partial charge in [-0.3, -0.25) is 4.79 Å². The summed E-state index contributed by atoms with van der Waals surface area (Å²) in [5.41, 5.74) is 0.559. The fourth-order valence-electron chi connectivity index (χ4n) is 2.31. The lowest BCUT2D eigenvalue weighted by Gasteiger charge is -2.22. The Hall–Kier alpha value is -1.48. The van der Waals surface area contributed by atoms with Crippen molar-refractivity contribution in [1.82, 2.24) is 10.0 Å². The van der Waals surface area contributed by atoms with Crippen LogP contribution in [-0.2, 0) is 19.6 Å². The standard InChI is InChI=1S/C15H21N3O4S/c19-15(14-10-22-8-7-16-14)18-12-3-5-13(6-4-12)23(20,21)17-9-11-1-2-11/h3-6,11,14,16-17H,1-2,7-10H2,(H,18,19). The molecule has 0 spiro atoms. The van der Waals surface area contributed by atoms with Crippen molar-refractivity contribution < 1.29 is 17.9 Å². The second kappa shape index (κ2) is 6.96. The second-order valence-corrected chi connectivity index (χ2v) is 7.66. The molecule has 3 N–H and O–H groups in total. The number of amides is 1. The molecular formula is C15H21N3O4S. The first-order chi connectivity index (χ1) is 11.0. The number of morpholine rings is 1. The topological polar surface area (TPSA) is 96.5 Å². The lowest BCUT2D eigenvalue weighted by Crippen LogP contribution is -2.48. The molecule has 0 aromatic heterocycles. The van der Waals surface area contributed by atoms with Gasteiger partial charge in [0.15, 0.2) is 0 Å². The van der Waals surface area contributed by atoms with Gasteiger partial charge in [0.1, 0.15) is 6.04 Å². The van der Waals surface area contributed by atoms with E-state index in [2.05, 4.69) is 15.4 Å². The van der Waals surface area contributed by atoms with Crippen molar-refractivity contribution in [3.05, 3.63) is 24.3 Å². The van der Waals surface area contributed by atoms with Gasteiger partial charge in [-0.15, -0.1) is 0 Å². The van der Waals surface area contributed by atoms with Crippen molar-refractivity contribution in [2.45, 2.75) is 23.8 Å². The Labute approximate surface area is 135 Å². The molecule has 8 heteroatoms. The highest BCUT2D eigenvalue weighted by molar-refractivity contribution is 7.89. The normalized spacial score (nSPS) is 21.8. The highest BCUT2D eigenvalue weighted by Gasteiger charge is 2.24. The minimum Gasteiger partial charge on any atom is -0.378 e. The summed E-state index contributed by atoms with van der Waals surface area (Å²) in [6.45, 7) is 2.07. The van der Waals surface area contributed by atoms with Crippen molar-refractivity contribution in [1.29, 1.82) is 0 Å². The Balaban J connectivity index is 1.58. The monoisotopic (exact) mass is 339 g/mol. The molecule has 1 unspecified atom stereocenters. The van der Waals surface area contributed by atoms with Crippen molar-refractivity contribution >= 4 is 21.6 Å². The van der Waals surface area contributed by atoms with E-state index < -0.39 is 10.0 Å². The van der Waals surface area contributed by atoms with Crippen LogP contribution in [0.5, 0.6) is 0 Å². The smallest absolute Gasteiger partial charge is 0.243 e. The third kappa shape index (κ3) is 4.51. The largest absolute Gasteiger partial charge is 0.378 e. The molecule has 2 aliphatic rings. The first-order valence-corrected chi connectivity index (χ1v) is 9.25. The first kappa shape index (κ1) is 16.4. The fourth-order valence-corrected chi connectivity index (χ4v) is 3.43. The van der Waals surface area contributed by atoms with Crippen LogP contribution in [0.15, 0.2) is 29.2 Å². The number of rotatable bonds is 6. The summed E-state index contributed by atoms with van der Waals surface area (Å²) in [4.78, 5) is 12.3. The molecule has 7 nitrogen and oxygen atoms in total. The Morgan fingerprint density at radius 3 is 2.61 bits per heavy atom. The number of benzene rings is 1. The average molecular weight is 339 g/mol. The molecular weight excluding hydrogens is 318 g/mol. The zero-order chi connectivity index (χ0) is 16.3. The van der Waals surface area contributed by atoms with E-state index in [1.54, 1.807) is 12.1 Å². The maximum atomic E-state index is 12.1. The Morgan fingerprint density at radius 2 is 2.00 bits per heavy atom. The van der Waals surface area contributed by atoms with Gasteiger partial charge >= 0.3 is 0 Å². The van der Waals surface area contributed by atoms with Crippen LogP contribution in [0.2, 0.25) is 0 Å². The third-order valence-electron chi connectivity index (χ3n) is 3.93. The molecule has 1 aromatic rings. The molecule has 1 amide bonds. The highest BCUT2D eigenvalue weighted by Crippen LogP contribution is 2.28. The Kier molecular flexibility index (Phi) is 4.96. The van der Waals surface area contributed by atoms with Crippen LogP contribution in [-0.4, -0.2) is 46.7 Å². The van der Waals surface area contributed by atoms with Crippen molar-refractivity contribution in [2.24, 2.45) is 5.92 Å². The molecule has 2 fully saturated rings. The summed E-state index contributed by atoms with van der Waals surface area (Å²) in [6.07, 6.45) is 2.18. The third-order valence-corrected chi connectivity index (χ3v) is 5.37. The van der Waals surface area contributed by atoms with Gasteiger partial charge in [-0.1, -0.05) is 0 Å².